The van der Waals surface area contributed by atoms with E-state index in [1.54, 1.807) is 0 Å². The summed E-state index contributed by atoms with van der Waals surface area (Å²) in [6.07, 6.45) is 3.42. The first-order valence-corrected chi connectivity index (χ1v) is 5.12. The minimum absolute atomic E-state index is 0.343. The summed E-state index contributed by atoms with van der Waals surface area (Å²) < 4.78 is 0. The molecule has 0 saturated carbocycles. The zero-order chi connectivity index (χ0) is 8.97. The number of aliphatic hydroxyl groups excluding tert-OH is 1. The first kappa shape index (κ1) is 10.0. The molecule has 1 N–H and O–H groups in total. The molecule has 72 valence electrons. The molecule has 1 aliphatic heterocycles. The van der Waals surface area contributed by atoms with Crippen LogP contribution in [-0.4, -0.2) is 35.7 Å². The molecule has 0 radical (unpaired) electrons. The van der Waals surface area contributed by atoms with Gasteiger partial charge < -0.3 is 10.0 Å². The molecule has 1 aliphatic rings. The van der Waals surface area contributed by atoms with Gasteiger partial charge in [0.1, 0.15) is 0 Å². The molecule has 12 heavy (non-hydrogen) atoms. The Morgan fingerprint density at radius 2 is 2.17 bits per heavy atom. The summed E-state index contributed by atoms with van der Waals surface area (Å²) in [5, 5.41) is 8.67. The summed E-state index contributed by atoms with van der Waals surface area (Å²) in [5.74, 6) is 0.946. The summed E-state index contributed by atoms with van der Waals surface area (Å²) >= 11 is 0. The monoisotopic (exact) mass is 171 g/mol. The van der Waals surface area contributed by atoms with E-state index in [9.17, 15) is 0 Å². The Bertz CT molecular complexity index is 118. The van der Waals surface area contributed by atoms with Crippen molar-refractivity contribution in [2.45, 2.75) is 39.2 Å². The van der Waals surface area contributed by atoms with Crippen LogP contribution in [-0.2, 0) is 0 Å². The highest BCUT2D eigenvalue weighted by Gasteiger charge is 2.27. The highest BCUT2D eigenvalue weighted by Crippen LogP contribution is 2.22. The normalized spacial score (nSPS) is 22.2. The highest BCUT2D eigenvalue weighted by molar-refractivity contribution is 4.82. The van der Waals surface area contributed by atoms with E-state index >= 15 is 0 Å². The van der Waals surface area contributed by atoms with Crippen LogP contribution in [0.5, 0.6) is 0 Å². The molecule has 0 bridgehead atoms. The summed E-state index contributed by atoms with van der Waals surface area (Å²) in [5.41, 5.74) is 0. The molecule has 0 aromatic heterocycles. The van der Waals surface area contributed by atoms with Crippen molar-refractivity contribution in [2.75, 3.05) is 19.7 Å². The van der Waals surface area contributed by atoms with Crippen LogP contribution in [0.1, 0.15) is 33.1 Å². The van der Waals surface area contributed by atoms with E-state index in [4.69, 9.17) is 5.11 Å². The quantitative estimate of drug-likeness (QED) is 0.677. The molecular weight excluding hydrogens is 150 g/mol. The Morgan fingerprint density at radius 1 is 1.50 bits per heavy atom. The number of hydrogen-bond donors (Lipinski definition) is 1. The first-order valence-electron chi connectivity index (χ1n) is 5.12. The molecule has 1 heterocycles. The molecular formula is C10H21NO. The molecule has 1 saturated heterocycles. The van der Waals surface area contributed by atoms with Crippen molar-refractivity contribution in [1.82, 2.24) is 4.90 Å². The van der Waals surface area contributed by atoms with Crippen LogP contribution in [0, 0.1) is 5.92 Å². The third-order valence-corrected chi connectivity index (χ3v) is 2.97. The lowest BCUT2D eigenvalue weighted by Gasteiger charge is -2.43. The van der Waals surface area contributed by atoms with Crippen LogP contribution in [0.15, 0.2) is 0 Å². The first-order chi connectivity index (χ1) is 5.77. The topological polar surface area (TPSA) is 23.5 Å². The molecule has 1 atom stereocenters. The van der Waals surface area contributed by atoms with Crippen molar-refractivity contribution in [3.63, 3.8) is 0 Å². The fourth-order valence-electron chi connectivity index (χ4n) is 1.80. The zero-order valence-corrected chi connectivity index (χ0v) is 8.29. The lowest BCUT2D eigenvalue weighted by molar-refractivity contribution is 0.0514. The average Bonchev–Trinajstić information content (AvgIpc) is 1.99. The second kappa shape index (κ2) is 4.83. The average molecular weight is 171 g/mol. The number of hydrogen-bond acceptors (Lipinski definition) is 2. The van der Waals surface area contributed by atoms with Crippen molar-refractivity contribution in [3.8, 4) is 0 Å². The number of rotatable bonds is 5. The maximum absolute atomic E-state index is 8.67. The lowest BCUT2D eigenvalue weighted by Crippen LogP contribution is -2.50. The SMILES string of the molecule is CCC1CN(C(C)CCCO)C1. The van der Waals surface area contributed by atoms with Crippen molar-refractivity contribution < 1.29 is 5.11 Å². The van der Waals surface area contributed by atoms with Gasteiger partial charge in [-0.1, -0.05) is 13.3 Å². The van der Waals surface area contributed by atoms with Crippen LogP contribution < -0.4 is 0 Å². The van der Waals surface area contributed by atoms with Gasteiger partial charge in [-0.15, -0.1) is 0 Å². The second-order valence-electron chi connectivity index (χ2n) is 3.94. The van der Waals surface area contributed by atoms with Gasteiger partial charge in [-0.05, 0) is 25.7 Å². The van der Waals surface area contributed by atoms with Gasteiger partial charge in [0.15, 0.2) is 0 Å². The minimum atomic E-state index is 0.343. The molecule has 2 heteroatoms. The number of aliphatic hydroxyl groups is 1. The van der Waals surface area contributed by atoms with E-state index in [0.29, 0.717) is 12.6 Å². The van der Waals surface area contributed by atoms with Gasteiger partial charge in [0, 0.05) is 25.7 Å². The van der Waals surface area contributed by atoms with Crippen molar-refractivity contribution >= 4 is 0 Å². The van der Waals surface area contributed by atoms with E-state index in [-0.39, 0.29) is 0 Å². The number of nitrogens with zero attached hydrogens (tertiary/aromatic N) is 1. The Labute approximate surface area is 75.6 Å². The standard InChI is InChI=1S/C10H21NO/c1-3-10-7-11(8-10)9(2)5-4-6-12/h9-10,12H,3-8H2,1-2H3. The maximum Gasteiger partial charge on any atom is 0.0431 e. The van der Waals surface area contributed by atoms with Crippen molar-refractivity contribution in [2.24, 2.45) is 5.92 Å². The summed E-state index contributed by atoms with van der Waals surface area (Å²) in [6, 6.07) is 0.681. The van der Waals surface area contributed by atoms with Gasteiger partial charge in [-0.2, -0.15) is 0 Å². The molecule has 0 aromatic rings. The Balaban J connectivity index is 2.06. The van der Waals surface area contributed by atoms with Crippen molar-refractivity contribution in [3.05, 3.63) is 0 Å². The van der Waals surface area contributed by atoms with Gasteiger partial charge in [-0.25, -0.2) is 0 Å². The zero-order valence-electron chi connectivity index (χ0n) is 8.29. The van der Waals surface area contributed by atoms with E-state index in [1.165, 1.54) is 19.5 Å². The minimum Gasteiger partial charge on any atom is -0.396 e. The molecule has 1 rings (SSSR count). The molecule has 1 fully saturated rings. The Hall–Kier alpha value is -0.0800. The molecule has 0 aromatic carbocycles. The van der Waals surface area contributed by atoms with Gasteiger partial charge in [-0.3, -0.25) is 0 Å². The molecule has 0 spiro atoms. The summed E-state index contributed by atoms with van der Waals surface area (Å²) in [4.78, 5) is 2.52. The highest BCUT2D eigenvalue weighted by atomic mass is 16.2. The largest absolute Gasteiger partial charge is 0.396 e. The molecule has 0 aliphatic carbocycles. The Kier molecular flexibility index (Phi) is 4.02. The predicted octanol–water partition coefficient (Wildman–Crippen LogP) is 1.49. The fourth-order valence-corrected chi connectivity index (χ4v) is 1.80. The number of likely N-dealkylation sites (tertiary alicyclic amines) is 1. The summed E-state index contributed by atoms with van der Waals surface area (Å²) in [6.45, 7) is 7.43. The Morgan fingerprint density at radius 3 is 2.67 bits per heavy atom. The van der Waals surface area contributed by atoms with Crippen LogP contribution in [0.3, 0.4) is 0 Å². The smallest absolute Gasteiger partial charge is 0.0431 e. The van der Waals surface area contributed by atoms with Crippen LogP contribution >= 0.6 is 0 Å². The second-order valence-corrected chi connectivity index (χ2v) is 3.94. The van der Waals surface area contributed by atoms with E-state index in [2.05, 4.69) is 18.7 Å². The van der Waals surface area contributed by atoms with E-state index in [0.717, 1.165) is 18.8 Å². The van der Waals surface area contributed by atoms with Crippen molar-refractivity contribution in [1.29, 1.82) is 0 Å². The molecule has 2 nitrogen and oxygen atoms in total. The van der Waals surface area contributed by atoms with E-state index in [1.807, 2.05) is 0 Å². The van der Waals surface area contributed by atoms with E-state index < -0.39 is 0 Å². The maximum atomic E-state index is 8.67. The third kappa shape index (κ3) is 2.46. The van der Waals surface area contributed by atoms with Gasteiger partial charge >= 0.3 is 0 Å². The lowest BCUT2D eigenvalue weighted by atomic mass is 9.94. The van der Waals surface area contributed by atoms with Crippen LogP contribution in [0.25, 0.3) is 0 Å². The summed E-state index contributed by atoms with van der Waals surface area (Å²) in [7, 11) is 0. The molecule has 1 unspecified atom stereocenters. The van der Waals surface area contributed by atoms with Gasteiger partial charge in [0.05, 0.1) is 0 Å². The predicted molar refractivity (Wildman–Crippen MR) is 51.1 cm³/mol. The van der Waals surface area contributed by atoms with Gasteiger partial charge in [0.2, 0.25) is 0 Å². The third-order valence-electron chi connectivity index (χ3n) is 2.97. The van der Waals surface area contributed by atoms with Gasteiger partial charge in [0.25, 0.3) is 0 Å². The van der Waals surface area contributed by atoms with Crippen LogP contribution in [0.2, 0.25) is 0 Å². The molecule has 0 amide bonds. The fraction of sp³-hybridized carbons (Fsp3) is 1.00. The van der Waals surface area contributed by atoms with Crippen LogP contribution in [0.4, 0.5) is 0 Å².